The smallest absolute Gasteiger partial charge is 0.0763 e. The summed E-state index contributed by atoms with van der Waals surface area (Å²) in [6.07, 6.45) is 5.41. The van der Waals surface area contributed by atoms with Gasteiger partial charge >= 0.3 is 0 Å². The van der Waals surface area contributed by atoms with Crippen LogP contribution in [0.25, 0.3) is 0 Å². The summed E-state index contributed by atoms with van der Waals surface area (Å²) in [6, 6.07) is 5.65. The minimum Gasteiger partial charge on any atom is -0.397 e. The fraction of sp³-hybridized carbons (Fsp3) is 0.571. The van der Waals surface area contributed by atoms with E-state index in [4.69, 9.17) is 17.3 Å². The highest BCUT2D eigenvalue weighted by molar-refractivity contribution is 6.33. The Kier molecular flexibility index (Phi) is 4.16. The van der Waals surface area contributed by atoms with Crippen LogP contribution in [0.2, 0.25) is 5.02 Å². The van der Waals surface area contributed by atoms with Crippen molar-refractivity contribution in [1.29, 1.82) is 0 Å². The van der Waals surface area contributed by atoms with Gasteiger partial charge in [0.1, 0.15) is 0 Å². The Hall–Kier alpha value is -0.890. The number of nitrogen functional groups attached to an aromatic ring is 1. The molecule has 2 atom stereocenters. The lowest BCUT2D eigenvalue weighted by Gasteiger charge is -2.29. The van der Waals surface area contributed by atoms with Gasteiger partial charge in [-0.1, -0.05) is 43.9 Å². The van der Waals surface area contributed by atoms with E-state index in [0.717, 1.165) is 29.8 Å². The maximum Gasteiger partial charge on any atom is 0.0763 e. The Labute approximate surface area is 109 Å². The molecule has 0 spiro atoms. The van der Waals surface area contributed by atoms with Crippen LogP contribution in [0.5, 0.6) is 0 Å². The second-order valence-electron chi connectivity index (χ2n) is 5.11. The average Bonchev–Trinajstić information content (AvgIpc) is 2.30. The quantitative estimate of drug-likeness (QED) is 0.793. The first-order valence-corrected chi connectivity index (χ1v) is 6.84. The van der Waals surface area contributed by atoms with Gasteiger partial charge in [0.15, 0.2) is 0 Å². The Bertz CT molecular complexity index is 358. The lowest BCUT2D eigenvalue weighted by Crippen LogP contribution is -2.24. The molecule has 3 N–H and O–H groups in total. The highest BCUT2D eigenvalue weighted by atomic mass is 35.5. The van der Waals surface area contributed by atoms with Crippen LogP contribution in [0.3, 0.4) is 0 Å². The van der Waals surface area contributed by atoms with Crippen LogP contribution >= 0.6 is 11.6 Å². The molecule has 1 aliphatic rings. The summed E-state index contributed by atoms with van der Waals surface area (Å²) < 4.78 is 0. The minimum atomic E-state index is 0.716. The van der Waals surface area contributed by atoms with Crippen molar-refractivity contribution < 1.29 is 0 Å². The molecular weight excluding hydrogens is 232 g/mol. The first kappa shape index (κ1) is 12.6. The molecule has 1 fully saturated rings. The average molecular weight is 253 g/mol. The highest BCUT2D eigenvalue weighted by Gasteiger charge is 2.21. The van der Waals surface area contributed by atoms with Gasteiger partial charge < -0.3 is 11.1 Å². The second-order valence-corrected chi connectivity index (χ2v) is 5.51. The maximum absolute atomic E-state index is 6.14. The van der Waals surface area contributed by atoms with E-state index in [1.165, 1.54) is 25.7 Å². The summed E-state index contributed by atoms with van der Waals surface area (Å²) in [5.41, 5.74) is 7.56. The number of nitrogens with one attached hydrogen (secondary N) is 1. The molecule has 0 radical (unpaired) electrons. The molecule has 0 aliphatic heterocycles. The third-order valence-electron chi connectivity index (χ3n) is 3.88. The zero-order valence-corrected chi connectivity index (χ0v) is 11.1. The normalized spacial score (nSPS) is 24.6. The fourth-order valence-corrected chi connectivity index (χ4v) is 2.91. The molecule has 1 saturated carbocycles. The van der Waals surface area contributed by atoms with E-state index in [0.29, 0.717) is 5.02 Å². The summed E-state index contributed by atoms with van der Waals surface area (Å²) in [6.45, 7) is 3.33. The first-order valence-electron chi connectivity index (χ1n) is 6.46. The van der Waals surface area contributed by atoms with Gasteiger partial charge in [-0.15, -0.1) is 0 Å². The number of rotatable bonds is 3. The second kappa shape index (κ2) is 5.63. The van der Waals surface area contributed by atoms with Crippen molar-refractivity contribution in [2.45, 2.75) is 32.6 Å². The van der Waals surface area contributed by atoms with Crippen molar-refractivity contribution in [2.75, 3.05) is 17.6 Å². The molecule has 3 heteroatoms. The SMILES string of the molecule is CC1CCCCC1CNc1c(N)cccc1Cl. The van der Waals surface area contributed by atoms with Crippen LogP contribution in [0, 0.1) is 11.8 Å². The zero-order chi connectivity index (χ0) is 12.3. The molecule has 0 bridgehead atoms. The van der Waals surface area contributed by atoms with Crippen molar-refractivity contribution >= 4 is 23.0 Å². The van der Waals surface area contributed by atoms with Gasteiger partial charge in [-0.05, 0) is 30.4 Å². The topological polar surface area (TPSA) is 38.0 Å². The Morgan fingerprint density at radius 3 is 2.82 bits per heavy atom. The molecule has 17 heavy (non-hydrogen) atoms. The standard InChI is InChI=1S/C14H21ClN2/c1-10-5-2-3-6-11(10)9-17-14-12(15)7-4-8-13(14)16/h4,7-8,10-11,17H,2-3,5-6,9,16H2,1H3. The Balaban J connectivity index is 1.97. The Morgan fingerprint density at radius 1 is 1.35 bits per heavy atom. The third-order valence-corrected chi connectivity index (χ3v) is 4.19. The molecule has 0 aromatic heterocycles. The molecular formula is C14H21ClN2. The summed E-state index contributed by atoms with van der Waals surface area (Å²) in [7, 11) is 0. The summed E-state index contributed by atoms with van der Waals surface area (Å²) in [5, 5.41) is 4.14. The molecule has 2 nitrogen and oxygen atoms in total. The predicted octanol–water partition coefficient (Wildman–Crippen LogP) is 4.16. The number of anilines is 2. The summed E-state index contributed by atoms with van der Waals surface area (Å²) in [4.78, 5) is 0. The molecule has 2 unspecified atom stereocenters. The van der Waals surface area contributed by atoms with E-state index in [-0.39, 0.29) is 0 Å². The highest BCUT2D eigenvalue weighted by Crippen LogP contribution is 2.32. The zero-order valence-electron chi connectivity index (χ0n) is 10.4. The van der Waals surface area contributed by atoms with Crippen LogP contribution in [-0.2, 0) is 0 Å². The fourth-order valence-electron chi connectivity index (χ4n) is 2.66. The van der Waals surface area contributed by atoms with E-state index in [1.54, 1.807) is 0 Å². The van der Waals surface area contributed by atoms with Crippen LogP contribution < -0.4 is 11.1 Å². The third kappa shape index (κ3) is 3.06. The number of para-hydroxylation sites is 1. The summed E-state index contributed by atoms with van der Waals surface area (Å²) in [5.74, 6) is 1.55. The van der Waals surface area contributed by atoms with Crippen molar-refractivity contribution in [1.82, 2.24) is 0 Å². The summed E-state index contributed by atoms with van der Waals surface area (Å²) >= 11 is 6.14. The van der Waals surface area contributed by atoms with Crippen LogP contribution in [-0.4, -0.2) is 6.54 Å². The molecule has 0 saturated heterocycles. The number of nitrogens with two attached hydrogens (primary N) is 1. The number of hydrogen-bond donors (Lipinski definition) is 2. The van der Waals surface area contributed by atoms with Gasteiger partial charge in [0.05, 0.1) is 16.4 Å². The lowest BCUT2D eigenvalue weighted by atomic mass is 9.80. The van der Waals surface area contributed by atoms with E-state index in [1.807, 2.05) is 18.2 Å². The monoisotopic (exact) mass is 252 g/mol. The lowest BCUT2D eigenvalue weighted by molar-refractivity contribution is 0.268. The Morgan fingerprint density at radius 2 is 2.12 bits per heavy atom. The first-order chi connectivity index (χ1) is 8.18. The van der Waals surface area contributed by atoms with Gasteiger partial charge in [-0.25, -0.2) is 0 Å². The molecule has 2 rings (SSSR count). The number of halogens is 1. The van der Waals surface area contributed by atoms with Gasteiger partial charge in [0, 0.05) is 6.54 Å². The molecule has 0 amide bonds. The molecule has 0 heterocycles. The van der Waals surface area contributed by atoms with E-state index >= 15 is 0 Å². The van der Waals surface area contributed by atoms with Gasteiger partial charge in [0.25, 0.3) is 0 Å². The minimum absolute atomic E-state index is 0.716. The number of hydrogen-bond acceptors (Lipinski definition) is 2. The van der Waals surface area contributed by atoms with Crippen LogP contribution in [0.1, 0.15) is 32.6 Å². The van der Waals surface area contributed by atoms with Gasteiger partial charge in [0.2, 0.25) is 0 Å². The van der Waals surface area contributed by atoms with E-state index in [9.17, 15) is 0 Å². The predicted molar refractivity (Wildman–Crippen MR) is 75.5 cm³/mol. The van der Waals surface area contributed by atoms with Crippen molar-refractivity contribution in [3.05, 3.63) is 23.2 Å². The molecule has 1 aliphatic carbocycles. The number of benzene rings is 1. The molecule has 94 valence electrons. The van der Waals surface area contributed by atoms with E-state index < -0.39 is 0 Å². The van der Waals surface area contributed by atoms with E-state index in [2.05, 4.69) is 12.2 Å². The maximum atomic E-state index is 6.14. The molecule has 1 aromatic carbocycles. The van der Waals surface area contributed by atoms with Crippen LogP contribution in [0.4, 0.5) is 11.4 Å². The van der Waals surface area contributed by atoms with Crippen molar-refractivity contribution in [2.24, 2.45) is 11.8 Å². The van der Waals surface area contributed by atoms with Crippen molar-refractivity contribution in [3.8, 4) is 0 Å². The van der Waals surface area contributed by atoms with Crippen LogP contribution in [0.15, 0.2) is 18.2 Å². The van der Waals surface area contributed by atoms with Crippen molar-refractivity contribution in [3.63, 3.8) is 0 Å². The largest absolute Gasteiger partial charge is 0.397 e. The van der Waals surface area contributed by atoms with Gasteiger partial charge in [-0.2, -0.15) is 0 Å². The van der Waals surface area contributed by atoms with Gasteiger partial charge in [-0.3, -0.25) is 0 Å². The molecule has 1 aromatic rings.